The Morgan fingerprint density at radius 2 is 1.20 bits per heavy atom. The molecule has 0 aromatic rings. The summed E-state index contributed by atoms with van der Waals surface area (Å²) in [5.41, 5.74) is -10.4. The van der Waals surface area contributed by atoms with Gasteiger partial charge in [-0.2, -0.15) is 52.7 Å². The van der Waals surface area contributed by atoms with Crippen molar-refractivity contribution in [2.75, 3.05) is 0 Å². The van der Waals surface area contributed by atoms with E-state index in [-0.39, 0.29) is 18.8 Å². The van der Waals surface area contributed by atoms with Crippen molar-refractivity contribution < 1.29 is 62.5 Å². The average Bonchev–Trinajstić information content (AvgIpc) is 3.11. The van der Waals surface area contributed by atoms with Gasteiger partial charge in [-0.1, -0.05) is 12.2 Å². The maximum Gasteiger partial charge on any atom is 0.426 e. The van der Waals surface area contributed by atoms with E-state index in [0.29, 0.717) is 0 Å². The second kappa shape index (κ2) is 7.45. The van der Waals surface area contributed by atoms with Crippen LogP contribution < -0.4 is 0 Å². The first-order valence-corrected chi connectivity index (χ1v) is 8.60. The van der Waals surface area contributed by atoms with Crippen LogP contribution in [0.25, 0.3) is 0 Å². The van der Waals surface area contributed by atoms with Crippen LogP contribution in [0, 0.1) is 11.8 Å². The number of halogens is 12. The molecular formula is C16H16F12O2. The van der Waals surface area contributed by atoms with Crippen LogP contribution in [0.15, 0.2) is 12.2 Å². The lowest BCUT2D eigenvalue weighted by atomic mass is 9.88. The van der Waals surface area contributed by atoms with Crippen LogP contribution in [0.1, 0.15) is 32.1 Å². The van der Waals surface area contributed by atoms with Crippen molar-refractivity contribution in [3.8, 4) is 0 Å². The van der Waals surface area contributed by atoms with Gasteiger partial charge in [0.25, 0.3) is 11.2 Å². The Kier molecular flexibility index (Phi) is 6.23. The van der Waals surface area contributed by atoms with E-state index >= 15 is 0 Å². The zero-order valence-corrected chi connectivity index (χ0v) is 14.8. The molecule has 2 bridgehead atoms. The largest absolute Gasteiger partial charge is 0.426 e. The predicted molar refractivity (Wildman–Crippen MR) is 76.0 cm³/mol. The fourth-order valence-corrected chi connectivity index (χ4v) is 3.80. The van der Waals surface area contributed by atoms with Gasteiger partial charge >= 0.3 is 24.7 Å². The molecule has 0 aromatic carbocycles. The van der Waals surface area contributed by atoms with Crippen LogP contribution in [-0.4, -0.2) is 47.1 Å². The van der Waals surface area contributed by atoms with Crippen molar-refractivity contribution in [3.63, 3.8) is 0 Å². The van der Waals surface area contributed by atoms with Crippen molar-refractivity contribution in [3.05, 3.63) is 12.2 Å². The Labute approximate surface area is 161 Å². The van der Waals surface area contributed by atoms with Crippen LogP contribution in [0.3, 0.4) is 0 Å². The van der Waals surface area contributed by atoms with Crippen LogP contribution in [0.4, 0.5) is 52.7 Å². The molecule has 1 saturated carbocycles. The zero-order valence-electron chi connectivity index (χ0n) is 14.8. The Morgan fingerprint density at radius 3 is 1.53 bits per heavy atom. The van der Waals surface area contributed by atoms with E-state index in [2.05, 4.69) is 4.74 Å². The first-order valence-electron chi connectivity index (χ1n) is 8.60. The first-order chi connectivity index (χ1) is 13.3. The van der Waals surface area contributed by atoms with Gasteiger partial charge in [-0.15, -0.1) is 0 Å². The summed E-state index contributed by atoms with van der Waals surface area (Å²) in [6.07, 6.45) is -30.3. The summed E-state index contributed by atoms with van der Waals surface area (Å²) in [5, 5.41) is 8.99. The van der Waals surface area contributed by atoms with E-state index in [0.717, 1.165) is 0 Å². The minimum absolute atomic E-state index is 0.190. The molecule has 2 aliphatic carbocycles. The van der Waals surface area contributed by atoms with E-state index in [1.54, 1.807) is 6.08 Å². The predicted octanol–water partition coefficient (Wildman–Crippen LogP) is 5.86. The van der Waals surface area contributed by atoms with Gasteiger partial charge in [0.05, 0.1) is 6.10 Å². The van der Waals surface area contributed by atoms with Crippen LogP contribution >= 0.6 is 0 Å². The second-order valence-electron chi connectivity index (χ2n) is 7.47. The quantitative estimate of drug-likeness (QED) is 0.391. The molecule has 14 heteroatoms. The third kappa shape index (κ3) is 4.26. The highest BCUT2D eigenvalue weighted by atomic mass is 19.4. The molecule has 1 fully saturated rings. The molecule has 3 atom stereocenters. The minimum atomic E-state index is -6.36. The Bertz CT molecular complexity index is 615. The molecule has 0 heterocycles. The van der Waals surface area contributed by atoms with Gasteiger partial charge in [0.2, 0.25) is 0 Å². The zero-order chi connectivity index (χ0) is 23.4. The summed E-state index contributed by atoms with van der Waals surface area (Å²) in [4.78, 5) is 0. The average molecular weight is 468 g/mol. The third-order valence-electron chi connectivity index (χ3n) is 5.49. The second-order valence-corrected chi connectivity index (χ2v) is 7.47. The molecule has 0 amide bonds. The fourth-order valence-electron chi connectivity index (χ4n) is 3.80. The number of alkyl halides is 12. The summed E-state index contributed by atoms with van der Waals surface area (Å²) in [6.45, 7) is 0. The highest BCUT2D eigenvalue weighted by Crippen LogP contribution is 2.54. The SMILES string of the molecule is OC(CCCC(OC1CC2C=CC1C2)(C(F)(F)F)C(F)(F)F)(C(F)(F)F)C(F)(F)F. The molecule has 1 N–H and O–H groups in total. The standard InChI is InChI=1S/C16H16F12O2/c17-13(18,19)11(29,14(20,21)22)4-1-5-12(15(23,24)25,16(26,27)28)30-10-7-8-2-3-9(10)6-8/h2-3,8-10,29H,1,4-7H2. The highest BCUT2D eigenvalue weighted by molar-refractivity contribution is 5.12. The van der Waals surface area contributed by atoms with Gasteiger partial charge in [-0.3, -0.25) is 0 Å². The third-order valence-corrected chi connectivity index (χ3v) is 5.49. The normalized spacial score (nSPS) is 26.0. The molecule has 0 aliphatic heterocycles. The number of ether oxygens (including phenoxy) is 1. The van der Waals surface area contributed by atoms with Gasteiger partial charge in [0.1, 0.15) is 0 Å². The summed E-state index contributed by atoms with van der Waals surface area (Å²) < 4.78 is 161. The molecule has 3 unspecified atom stereocenters. The van der Waals surface area contributed by atoms with Crippen molar-refractivity contribution in [2.45, 2.75) is 74.1 Å². The molecule has 0 aromatic heterocycles. The van der Waals surface area contributed by atoms with Crippen LogP contribution in [-0.2, 0) is 4.74 Å². The van der Waals surface area contributed by atoms with Crippen molar-refractivity contribution >= 4 is 0 Å². The van der Waals surface area contributed by atoms with E-state index in [9.17, 15) is 52.7 Å². The Balaban J connectivity index is 2.30. The first kappa shape index (κ1) is 25.1. The fraction of sp³-hybridized carbons (Fsp3) is 0.875. The van der Waals surface area contributed by atoms with Gasteiger partial charge < -0.3 is 9.84 Å². The molecule has 2 nitrogen and oxygen atoms in total. The molecule has 0 saturated heterocycles. The number of aliphatic hydroxyl groups is 1. The number of hydrogen-bond acceptors (Lipinski definition) is 2. The number of allylic oxidation sites excluding steroid dienone is 1. The molecule has 2 aliphatic rings. The van der Waals surface area contributed by atoms with E-state index in [4.69, 9.17) is 5.11 Å². The van der Waals surface area contributed by atoms with E-state index < -0.39 is 67.2 Å². The van der Waals surface area contributed by atoms with Gasteiger partial charge in [-0.05, 0) is 38.0 Å². The number of fused-ring (bicyclic) bond motifs is 2. The molecular weight excluding hydrogens is 452 g/mol. The van der Waals surface area contributed by atoms with E-state index in [1.165, 1.54) is 6.08 Å². The molecule has 0 spiro atoms. The monoisotopic (exact) mass is 468 g/mol. The maximum absolute atomic E-state index is 13.5. The summed E-state index contributed by atoms with van der Waals surface area (Å²) >= 11 is 0. The van der Waals surface area contributed by atoms with Gasteiger partial charge in [0, 0.05) is 5.92 Å². The summed E-state index contributed by atoms with van der Waals surface area (Å²) in [6, 6.07) is 0. The van der Waals surface area contributed by atoms with E-state index in [1.807, 2.05) is 0 Å². The van der Waals surface area contributed by atoms with Crippen molar-refractivity contribution in [2.24, 2.45) is 11.8 Å². The van der Waals surface area contributed by atoms with Crippen LogP contribution in [0.5, 0.6) is 0 Å². The lowest BCUT2D eigenvalue weighted by Crippen LogP contribution is -2.61. The smallest absolute Gasteiger partial charge is 0.374 e. The molecule has 30 heavy (non-hydrogen) atoms. The van der Waals surface area contributed by atoms with Crippen molar-refractivity contribution in [1.29, 1.82) is 0 Å². The summed E-state index contributed by atoms with van der Waals surface area (Å²) in [5.74, 6) is -1.10. The number of hydrogen-bond donors (Lipinski definition) is 1. The molecule has 0 radical (unpaired) electrons. The Hall–Kier alpha value is -1.18. The Morgan fingerprint density at radius 1 is 0.700 bits per heavy atom. The topological polar surface area (TPSA) is 29.5 Å². The molecule has 2 rings (SSSR count). The highest BCUT2D eigenvalue weighted by Gasteiger charge is 2.74. The lowest BCUT2D eigenvalue weighted by Gasteiger charge is -2.41. The van der Waals surface area contributed by atoms with Crippen LogP contribution in [0.2, 0.25) is 0 Å². The summed E-state index contributed by atoms with van der Waals surface area (Å²) in [7, 11) is 0. The minimum Gasteiger partial charge on any atom is -0.374 e. The van der Waals surface area contributed by atoms with Gasteiger partial charge in [-0.25, -0.2) is 0 Å². The van der Waals surface area contributed by atoms with Crippen molar-refractivity contribution in [1.82, 2.24) is 0 Å². The molecule has 176 valence electrons. The maximum atomic E-state index is 13.5. The van der Waals surface area contributed by atoms with Gasteiger partial charge in [0.15, 0.2) is 0 Å². The number of rotatable bonds is 6. The lowest BCUT2D eigenvalue weighted by molar-refractivity contribution is -0.396.